The predicted molar refractivity (Wildman–Crippen MR) is 137 cm³/mol. The van der Waals surface area contributed by atoms with E-state index in [2.05, 4.69) is 81.8 Å². The molecule has 2 aliphatic heterocycles. The summed E-state index contributed by atoms with van der Waals surface area (Å²) in [6.07, 6.45) is 1.85. The monoisotopic (exact) mass is 461 g/mol. The van der Waals surface area contributed by atoms with Crippen LogP contribution in [0.25, 0.3) is 0 Å². The Bertz CT molecular complexity index is 1120. The number of nitrogens with one attached hydrogen (secondary N) is 1. The van der Waals surface area contributed by atoms with Crippen LogP contribution in [0.3, 0.4) is 0 Å². The first kappa shape index (κ1) is 21.9. The van der Waals surface area contributed by atoms with Gasteiger partial charge in [0.25, 0.3) is 0 Å². The Morgan fingerprint density at radius 3 is 2.42 bits per heavy atom. The van der Waals surface area contributed by atoms with E-state index in [1.165, 1.54) is 22.6 Å². The smallest absolute Gasteiger partial charge is 0.174 e. The van der Waals surface area contributed by atoms with Crippen LogP contribution in [0.1, 0.15) is 41.7 Å². The van der Waals surface area contributed by atoms with Gasteiger partial charge in [0.1, 0.15) is 0 Å². The third-order valence-electron chi connectivity index (χ3n) is 6.85. The number of ether oxygens (including phenoxy) is 1. The van der Waals surface area contributed by atoms with Crippen molar-refractivity contribution >= 4 is 28.7 Å². The fourth-order valence-electron chi connectivity index (χ4n) is 5.21. The van der Waals surface area contributed by atoms with Crippen LogP contribution in [0.15, 0.2) is 54.7 Å². The van der Waals surface area contributed by atoms with Gasteiger partial charge in [0.15, 0.2) is 5.11 Å². The van der Waals surface area contributed by atoms with Crippen molar-refractivity contribution in [3.8, 4) is 0 Å². The van der Waals surface area contributed by atoms with Crippen LogP contribution in [0.5, 0.6) is 0 Å². The molecule has 2 saturated heterocycles. The van der Waals surface area contributed by atoms with E-state index in [0.717, 1.165) is 49.3 Å². The largest absolute Gasteiger partial charge is 0.378 e. The van der Waals surface area contributed by atoms with Gasteiger partial charge in [0.2, 0.25) is 0 Å². The zero-order valence-electron chi connectivity index (χ0n) is 19.5. The number of benzene rings is 1. The quantitative estimate of drug-likeness (QED) is 0.563. The van der Waals surface area contributed by atoms with Crippen LogP contribution in [0.2, 0.25) is 0 Å². The van der Waals surface area contributed by atoms with Crippen molar-refractivity contribution < 1.29 is 4.74 Å². The minimum atomic E-state index is -0.0246. The topological polar surface area (TPSA) is 45.6 Å². The number of aromatic nitrogens is 2. The number of morpholine rings is 1. The number of pyridine rings is 1. The van der Waals surface area contributed by atoms with Crippen molar-refractivity contribution in [1.82, 2.24) is 14.9 Å². The Kier molecular flexibility index (Phi) is 6.08. The van der Waals surface area contributed by atoms with Gasteiger partial charge in [-0.05, 0) is 81.0 Å². The van der Waals surface area contributed by atoms with E-state index in [4.69, 9.17) is 17.0 Å². The van der Waals surface area contributed by atoms with Gasteiger partial charge in [-0.3, -0.25) is 4.98 Å². The summed E-state index contributed by atoms with van der Waals surface area (Å²) in [7, 11) is 0. The lowest BCUT2D eigenvalue weighted by Gasteiger charge is -2.31. The molecule has 33 heavy (non-hydrogen) atoms. The number of hydrogen-bond donors (Lipinski definition) is 1. The van der Waals surface area contributed by atoms with Crippen LogP contribution in [-0.4, -0.2) is 41.0 Å². The molecular formula is C26H31N5OS. The average molecular weight is 462 g/mol. The molecule has 0 radical (unpaired) electrons. The highest BCUT2D eigenvalue weighted by molar-refractivity contribution is 7.80. The molecular weight excluding hydrogens is 430 g/mol. The molecule has 1 aromatic carbocycles. The summed E-state index contributed by atoms with van der Waals surface area (Å²) in [5.41, 5.74) is 7.15. The molecule has 0 aliphatic carbocycles. The van der Waals surface area contributed by atoms with Gasteiger partial charge < -0.3 is 24.4 Å². The van der Waals surface area contributed by atoms with E-state index in [-0.39, 0.29) is 12.1 Å². The van der Waals surface area contributed by atoms with Crippen molar-refractivity contribution in [3.05, 3.63) is 77.4 Å². The van der Waals surface area contributed by atoms with Gasteiger partial charge >= 0.3 is 0 Å². The van der Waals surface area contributed by atoms with Crippen molar-refractivity contribution in [3.63, 3.8) is 0 Å². The molecule has 2 fully saturated rings. The van der Waals surface area contributed by atoms with E-state index in [0.29, 0.717) is 0 Å². The highest BCUT2D eigenvalue weighted by Gasteiger charge is 2.42. The number of nitrogens with zero attached hydrogens (tertiary/aromatic N) is 4. The first-order chi connectivity index (χ1) is 16.1. The summed E-state index contributed by atoms with van der Waals surface area (Å²) in [6, 6.07) is 17.2. The number of thiocarbonyl (C=S) groups is 1. The summed E-state index contributed by atoms with van der Waals surface area (Å²) in [5, 5.41) is 4.31. The van der Waals surface area contributed by atoms with Crippen molar-refractivity contribution in [2.45, 2.75) is 39.4 Å². The van der Waals surface area contributed by atoms with E-state index in [1.807, 2.05) is 18.3 Å². The van der Waals surface area contributed by atoms with Crippen molar-refractivity contribution in [1.29, 1.82) is 0 Å². The third-order valence-corrected chi connectivity index (χ3v) is 7.16. The molecule has 1 N–H and O–H groups in total. The molecule has 4 heterocycles. The molecule has 3 aromatic rings. The molecule has 172 valence electrons. The number of rotatable bonds is 5. The van der Waals surface area contributed by atoms with Gasteiger partial charge in [0.05, 0.1) is 31.0 Å². The first-order valence-electron chi connectivity index (χ1n) is 11.7. The molecule has 2 aliphatic rings. The Hall–Kier alpha value is -2.90. The molecule has 0 spiro atoms. The third kappa shape index (κ3) is 4.00. The minimum Gasteiger partial charge on any atom is -0.378 e. The summed E-state index contributed by atoms with van der Waals surface area (Å²) in [4.78, 5) is 9.31. The Balaban J connectivity index is 1.55. The van der Waals surface area contributed by atoms with E-state index < -0.39 is 0 Å². The Labute approximate surface area is 201 Å². The zero-order valence-corrected chi connectivity index (χ0v) is 20.3. The van der Waals surface area contributed by atoms with Crippen molar-refractivity contribution in [2.24, 2.45) is 0 Å². The molecule has 0 amide bonds. The van der Waals surface area contributed by atoms with Gasteiger partial charge in [0, 0.05) is 48.6 Å². The second kappa shape index (κ2) is 9.15. The fourth-order valence-corrected chi connectivity index (χ4v) is 5.55. The summed E-state index contributed by atoms with van der Waals surface area (Å²) in [6.45, 7) is 10.9. The van der Waals surface area contributed by atoms with Crippen LogP contribution in [-0.2, 0) is 11.3 Å². The Morgan fingerprint density at radius 1 is 1.06 bits per heavy atom. The van der Waals surface area contributed by atoms with Crippen molar-refractivity contribution in [2.75, 3.05) is 36.1 Å². The van der Waals surface area contributed by atoms with Crippen LogP contribution < -0.4 is 15.1 Å². The normalized spacial score (nSPS) is 20.9. The molecule has 0 bridgehead atoms. The molecule has 6 nitrogen and oxygen atoms in total. The van der Waals surface area contributed by atoms with E-state index in [1.54, 1.807) is 0 Å². The number of anilines is 2. The SMILES string of the molecule is CCn1c(C)cc([C@@H]2[C@H](c3ccccn3)NC(=S)N2c2ccc(N3CCOCC3)cc2)c1C. The fraction of sp³-hybridized carbons (Fsp3) is 0.385. The van der Waals surface area contributed by atoms with Crippen LogP contribution in [0, 0.1) is 13.8 Å². The van der Waals surface area contributed by atoms with Gasteiger partial charge in [-0.1, -0.05) is 6.07 Å². The lowest BCUT2D eigenvalue weighted by atomic mass is 9.96. The number of hydrogen-bond acceptors (Lipinski definition) is 4. The average Bonchev–Trinajstić information content (AvgIpc) is 3.35. The molecule has 2 atom stereocenters. The predicted octanol–water partition coefficient (Wildman–Crippen LogP) is 4.53. The number of aryl methyl sites for hydroxylation is 1. The van der Waals surface area contributed by atoms with Gasteiger partial charge in [-0.15, -0.1) is 0 Å². The van der Waals surface area contributed by atoms with Gasteiger partial charge in [-0.25, -0.2) is 0 Å². The van der Waals surface area contributed by atoms with Crippen LogP contribution >= 0.6 is 12.2 Å². The summed E-state index contributed by atoms with van der Waals surface area (Å²) in [5.74, 6) is 0. The highest BCUT2D eigenvalue weighted by Crippen LogP contribution is 2.43. The molecule has 2 aromatic heterocycles. The zero-order chi connectivity index (χ0) is 22.9. The standard InChI is InChI=1S/C26H31N5OS/c1-4-30-18(2)17-22(19(30)3)25-24(23-7-5-6-12-27-23)28-26(33)31(25)21-10-8-20(9-11-21)29-13-15-32-16-14-29/h5-12,17,24-25H,4,13-16H2,1-3H3,(H,28,33)/t24-,25+/m0/s1. The second-order valence-corrected chi connectivity index (χ2v) is 9.07. The molecule has 7 heteroatoms. The maximum atomic E-state index is 5.90. The first-order valence-corrected chi connectivity index (χ1v) is 12.1. The van der Waals surface area contributed by atoms with Crippen LogP contribution in [0.4, 0.5) is 11.4 Å². The maximum Gasteiger partial charge on any atom is 0.174 e. The molecule has 0 saturated carbocycles. The van der Waals surface area contributed by atoms with E-state index >= 15 is 0 Å². The van der Waals surface area contributed by atoms with Gasteiger partial charge in [-0.2, -0.15) is 0 Å². The summed E-state index contributed by atoms with van der Waals surface area (Å²) < 4.78 is 7.87. The molecule has 0 unspecified atom stereocenters. The van der Waals surface area contributed by atoms with E-state index in [9.17, 15) is 0 Å². The summed E-state index contributed by atoms with van der Waals surface area (Å²) >= 11 is 5.90. The maximum absolute atomic E-state index is 5.90. The lowest BCUT2D eigenvalue weighted by Crippen LogP contribution is -2.36. The lowest BCUT2D eigenvalue weighted by molar-refractivity contribution is 0.122. The highest BCUT2D eigenvalue weighted by atomic mass is 32.1. The second-order valence-electron chi connectivity index (χ2n) is 8.68. The molecule has 5 rings (SSSR count). The Morgan fingerprint density at radius 2 is 1.79 bits per heavy atom. The minimum absolute atomic E-state index is 0.0214.